The first kappa shape index (κ1) is 15.0. The molecule has 0 spiro atoms. The van der Waals surface area contributed by atoms with Gasteiger partial charge >= 0.3 is 0 Å². The molecule has 0 bridgehead atoms. The van der Waals surface area contributed by atoms with Crippen molar-refractivity contribution in [2.24, 2.45) is 0 Å². The Kier molecular flexibility index (Phi) is 10.4. The zero-order valence-corrected chi connectivity index (χ0v) is 12.1. The zero-order valence-electron chi connectivity index (χ0n) is 10.5. The van der Waals surface area contributed by atoms with Crippen molar-refractivity contribution >= 4 is 15.9 Å². The van der Waals surface area contributed by atoms with Crippen molar-refractivity contribution in [3.05, 3.63) is 23.3 Å². The Bertz CT molecular complexity index is 201. The van der Waals surface area contributed by atoms with Gasteiger partial charge in [-0.15, -0.1) is 0 Å². The van der Waals surface area contributed by atoms with Gasteiger partial charge in [0.25, 0.3) is 0 Å². The Morgan fingerprint density at radius 2 is 1.60 bits per heavy atom. The van der Waals surface area contributed by atoms with Crippen LogP contribution in [0, 0.1) is 0 Å². The number of hydrogen-bond acceptors (Lipinski definition) is 0. The fraction of sp³-hybridized carbons (Fsp3) is 0.714. The third-order valence-corrected chi connectivity index (χ3v) is 3.02. The van der Waals surface area contributed by atoms with Crippen molar-refractivity contribution < 1.29 is 0 Å². The van der Waals surface area contributed by atoms with E-state index in [2.05, 4.69) is 48.9 Å². The summed E-state index contributed by atoms with van der Waals surface area (Å²) in [4.78, 5) is 0. The molecule has 0 heterocycles. The van der Waals surface area contributed by atoms with Crippen LogP contribution in [-0.2, 0) is 0 Å². The molecular formula is C14H25Br. The lowest BCUT2D eigenvalue weighted by molar-refractivity contribution is 0.781. The van der Waals surface area contributed by atoms with Crippen LogP contribution in [0.5, 0.6) is 0 Å². The van der Waals surface area contributed by atoms with Gasteiger partial charge in [0.15, 0.2) is 0 Å². The Labute approximate surface area is 104 Å². The molecule has 0 amide bonds. The Balaban J connectivity index is 3.66. The van der Waals surface area contributed by atoms with E-state index in [0.29, 0.717) is 0 Å². The zero-order chi connectivity index (χ0) is 11.5. The molecule has 0 atom stereocenters. The van der Waals surface area contributed by atoms with Gasteiger partial charge in [0.1, 0.15) is 0 Å². The summed E-state index contributed by atoms with van der Waals surface area (Å²) in [7, 11) is 0. The van der Waals surface area contributed by atoms with Crippen LogP contribution in [0.4, 0.5) is 0 Å². The highest BCUT2D eigenvalue weighted by Gasteiger charge is 1.91. The van der Waals surface area contributed by atoms with Crippen molar-refractivity contribution in [1.82, 2.24) is 0 Å². The number of halogens is 1. The van der Waals surface area contributed by atoms with Gasteiger partial charge in [-0.05, 0) is 46.0 Å². The predicted octanol–water partition coefficient (Wildman–Crippen LogP) is 5.63. The second-order valence-corrected chi connectivity index (χ2v) is 5.01. The van der Waals surface area contributed by atoms with Gasteiger partial charge in [0.2, 0.25) is 0 Å². The summed E-state index contributed by atoms with van der Waals surface area (Å²) in [5, 5.41) is 1.08. The lowest BCUT2D eigenvalue weighted by Gasteiger charge is -2.01. The Morgan fingerprint density at radius 1 is 1.00 bits per heavy atom. The highest BCUT2D eigenvalue weighted by atomic mass is 79.9. The van der Waals surface area contributed by atoms with E-state index in [9.17, 15) is 0 Å². The van der Waals surface area contributed by atoms with Gasteiger partial charge in [-0.3, -0.25) is 0 Å². The number of rotatable bonds is 8. The summed E-state index contributed by atoms with van der Waals surface area (Å²) in [6, 6.07) is 0. The summed E-state index contributed by atoms with van der Waals surface area (Å²) in [6.07, 6.45) is 12.2. The molecule has 0 saturated carbocycles. The predicted molar refractivity (Wildman–Crippen MR) is 74.7 cm³/mol. The molecule has 0 rings (SSSR count). The van der Waals surface area contributed by atoms with Crippen LogP contribution in [0.15, 0.2) is 23.3 Å². The molecule has 0 fully saturated rings. The summed E-state index contributed by atoms with van der Waals surface area (Å²) >= 11 is 3.44. The maximum Gasteiger partial charge on any atom is 0.00660 e. The van der Waals surface area contributed by atoms with Crippen molar-refractivity contribution in [1.29, 1.82) is 0 Å². The van der Waals surface area contributed by atoms with Crippen LogP contribution in [0.25, 0.3) is 0 Å². The van der Waals surface area contributed by atoms with Gasteiger partial charge in [-0.25, -0.2) is 0 Å². The summed E-state index contributed by atoms with van der Waals surface area (Å²) in [5.74, 6) is 0. The van der Waals surface area contributed by atoms with Gasteiger partial charge in [0.05, 0.1) is 0 Å². The topological polar surface area (TPSA) is 0 Å². The average molecular weight is 273 g/mol. The molecule has 15 heavy (non-hydrogen) atoms. The van der Waals surface area contributed by atoms with E-state index in [-0.39, 0.29) is 0 Å². The highest BCUT2D eigenvalue weighted by Crippen LogP contribution is 2.11. The van der Waals surface area contributed by atoms with Crippen LogP contribution in [0.1, 0.15) is 59.3 Å². The minimum atomic E-state index is 1.08. The molecule has 0 aromatic rings. The molecule has 0 aromatic heterocycles. The Morgan fingerprint density at radius 3 is 2.20 bits per heavy atom. The van der Waals surface area contributed by atoms with Crippen molar-refractivity contribution in [2.45, 2.75) is 59.3 Å². The van der Waals surface area contributed by atoms with Crippen LogP contribution < -0.4 is 0 Å². The molecule has 0 saturated heterocycles. The van der Waals surface area contributed by atoms with E-state index in [1.807, 2.05) is 0 Å². The van der Waals surface area contributed by atoms with Crippen molar-refractivity contribution in [3.63, 3.8) is 0 Å². The number of alkyl halides is 1. The maximum atomic E-state index is 3.44. The smallest absolute Gasteiger partial charge is 0.00660 e. The van der Waals surface area contributed by atoms with Crippen LogP contribution in [0.3, 0.4) is 0 Å². The summed E-state index contributed by atoms with van der Waals surface area (Å²) in [5.41, 5.74) is 3.08. The van der Waals surface area contributed by atoms with Gasteiger partial charge in [-0.1, -0.05) is 52.6 Å². The first-order valence-electron chi connectivity index (χ1n) is 6.08. The van der Waals surface area contributed by atoms with Gasteiger partial charge in [0, 0.05) is 5.33 Å². The standard InChI is InChI=1S/C14H25Br/c1-4-5-8-13(2)9-6-10-14(3)11-7-12-15/h9,11H,4-8,10,12H2,1-3H3. The Hall–Kier alpha value is -0.0400. The number of unbranched alkanes of at least 4 members (excludes halogenated alkanes) is 1. The van der Waals surface area contributed by atoms with E-state index in [0.717, 1.165) is 11.8 Å². The monoisotopic (exact) mass is 272 g/mol. The average Bonchev–Trinajstić information content (AvgIpc) is 2.23. The fourth-order valence-corrected chi connectivity index (χ4v) is 1.74. The molecule has 1 heteroatoms. The molecule has 0 aliphatic carbocycles. The molecule has 0 unspecified atom stereocenters. The SMILES string of the molecule is CCCCC(C)=CCCC(C)=CCCBr. The van der Waals surface area contributed by atoms with E-state index >= 15 is 0 Å². The second kappa shape index (κ2) is 10.5. The third-order valence-electron chi connectivity index (χ3n) is 2.56. The van der Waals surface area contributed by atoms with Crippen LogP contribution >= 0.6 is 15.9 Å². The van der Waals surface area contributed by atoms with E-state index in [1.54, 1.807) is 5.57 Å². The first-order valence-corrected chi connectivity index (χ1v) is 7.20. The fourth-order valence-electron chi connectivity index (χ4n) is 1.51. The van der Waals surface area contributed by atoms with Gasteiger partial charge in [-0.2, -0.15) is 0 Å². The molecule has 0 nitrogen and oxygen atoms in total. The van der Waals surface area contributed by atoms with Crippen molar-refractivity contribution in [3.8, 4) is 0 Å². The van der Waals surface area contributed by atoms with Gasteiger partial charge < -0.3 is 0 Å². The minimum Gasteiger partial charge on any atom is -0.0925 e. The molecular weight excluding hydrogens is 248 g/mol. The normalized spacial score (nSPS) is 13.3. The minimum absolute atomic E-state index is 1.08. The molecule has 88 valence electrons. The maximum absolute atomic E-state index is 3.44. The van der Waals surface area contributed by atoms with Crippen LogP contribution in [-0.4, -0.2) is 5.33 Å². The lowest BCUT2D eigenvalue weighted by atomic mass is 10.1. The summed E-state index contributed by atoms with van der Waals surface area (Å²) < 4.78 is 0. The quantitative estimate of drug-likeness (QED) is 0.397. The van der Waals surface area contributed by atoms with E-state index in [4.69, 9.17) is 0 Å². The largest absolute Gasteiger partial charge is 0.0925 e. The highest BCUT2D eigenvalue weighted by molar-refractivity contribution is 9.09. The second-order valence-electron chi connectivity index (χ2n) is 4.22. The number of hydrogen-bond donors (Lipinski definition) is 0. The third kappa shape index (κ3) is 10.2. The number of allylic oxidation sites excluding steroid dienone is 4. The molecule has 0 aliphatic heterocycles. The summed E-state index contributed by atoms with van der Waals surface area (Å²) in [6.45, 7) is 6.74. The van der Waals surface area contributed by atoms with Crippen molar-refractivity contribution in [2.75, 3.05) is 5.33 Å². The molecule has 0 N–H and O–H groups in total. The van der Waals surface area contributed by atoms with E-state index in [1.165, 1.54) is 37.7 Å². The first-order chi connectivity index (χ1) is 7.20. The lowest BCUT2D eigenvalue weighted by Crippen LogP contribution is -1.81. The molecule has 0 radical (unpaired) electrons. The van der Waals surface area contributed by atoms with E-state index < -0.39 is 0 Å². The molecule has 0 aliphatic rings. The van der Waals surface area contributed by atoms with Crippen LogP contribution in [0.2, 0.25) is 0 Å². The molecule has 0 aromatic carbocycles.